The molecule has 0 radical (unpaired) electrons. The molecule has 0 spiro atoms. The van der Waals surface area contributed by atoms with Crippen molar-refractivity contribution in [3.63, 3.8) is 0 Å². The molecule has 3 N–H and O–H groups in total. The number of hydrogen-bond acceptors (Lipinski definition) is 4. The molecule has 0 bridgehead atoms. The first-order valence-corrected chi connectivity index (χ1v) is 6.36. The largest absolute Gasteiger partial charge is 0.496 e. The SMILES string of the molecule is COc1ccc(C(C)C)cc1COC(=O)NCCN. The fourth-order valence-electron chi connectivity index (χ4n) is 1.64. The maximum absolute atomic E-state index is 11.4. The number of nitrogens with two attached hydrogens (primary N) is 1. The fraction of sp³-hybridized carbons (Fsp3) is 0.500. The summed E-state index contributed by atoms with van der Waals surface area (Å²) in [5.41, 5.74) is 7.33. The molecule has 0 aromatic heterocycles. The molecule has 5 heteroatoms. The molecule has 1 amide bonds. The highest BCUT2D eigenvalue weighted by atomic mass is 16.5. The Balaban J connectivity index is 2.69. The van der Waals surface area contributed by atoms with Crippen LogP contribution in [0.25, 0.3) is 0 Å². The third kappa shape index (κ3) is 4.79. The molecular formula is C14H22N2O3. The summed E-state index contributed by atoms with van der Waals surface area (Å²) in [6.07, 6.45) is -0.470. The Hall–Kier alpha value is -1.75. The van der Waals surface area contributed by atoms with Crippen molar-refractivity contribution in [3.8, 4) is 5.75 Å². The second kappa shape index (κ2) is 7.63. The molecule has 0 aliphatic rings. The van der Waals surface area contributed by atoms with Crippen LogP contribution in [0.15, 0.2) is 18.2 Å². The topological polar surface area (TPSA) is 73.6 Å². The zero-order valence-electron chi connectivity index (χ0n) is 11.7. The zero-order chi connectivity index (χ0) is 14.3. The normalized spacial score (nSPS) is 10.4. The smallest absolute Gasteiger partial charge is 0.407 e. The summed E-state index contributed by atoms with van der Waals surface area (Å²) in [7, 11) is 1.60. The third-order valence-electron chi connectivity index (χ3n) is 2.74. The van der Waals surface area contributed by atoms with Crippen LogP contribution < -0.4 is 15.8 Å². The van der Waals surface area contributed by atoms with Gasteiger partial charge >= 0.3 is 6.09 Å². The summed E-state index contributed by atoms with van der Waals surface area (Å²) >= 11 is 0. The Morgan fingerprint density at radius 1 is 1.42 bits per heavy atom. The van der Waals surface area contributed by atoms with Gasteiger partial charge < -0.3 is 20.5 Å². The first-order valence-electron chi connectivity index (χ1n) is 6.36. The van der Waals surface area contributed by atoms with Crippen molar-refractivity contribution in [3.05, 3.63) is 29.3 Å². The summed E-state index contributed by atoms with van der Waals surface area (Å²) in [4.78, 5) is 11.4. The van der Waals surface area contributed by atoms with Gasteiger partial charge in [0.15, 0.2) is 0 Å². The molecule has 0 heterocycles. The van der Waals surface area contributed by atoms with Crippen molar-refractivity contribution in [1.29, 1.82) is 0 Å². The molecule has 0 unspecified atom stereocenters. The van der Waals surface area contributed by atoms with Gasteiger partial charge in [-0.05, 0) is 23.6 Å². The highest BCUT2D eigenvalue weighted by Gasteiger charge is 2.09. The van der Waals surface area contributed by atoms with Gasteiger partial charge in [0, 0.05) is 18.7 Å². The number of rotatable bonds is 6. The van der Waals surface area contributed by atoms with E-state index >= 15 is 0 Å². The van der Waals surface area contributed by atoms with Crippen LogP contribution >= 0.6 is 0 Å². The molecule has 1 aromatic carbocycles. The number of carbonyl (C=O) groups is 1. The Kier molecular flexibility index (Phi) is 6.15. The van der Waals surface area contributed by atoms with Crippen molar-refractivity contribution >= 4 is 6.09 Å². The predicted molar refractivity (Wildman–Crippen MR) is 74.3 cm³/mol. The molecule has 0 saturated carbocycles. The van der Waals surface area contributed by atoms with E-state index in [1.54, 1.807) is 7.11 Å². The molecule has 0 saturated heterocycles. The predicted octanol–water partition coefficient (Wildman–Crippen LogP) is 2.00. The minimum atomic E-state index is -0.470. The monoisotopic (exact) mass is 266 g/mol. The Morgan fingerprint density at radius 2 is 2.16 bits per heavy atom. The van der Waals surface area contributed by atoms with Crippen molar-refractivity contribution in [2.24, 2.45) is 5.73 Å². The van der Waals surface area contributed by atoms with Crippen LogP contribution in [-0.2, 0) is 11.3 Å². The van der Waals surface area contributed by atoms with Gasteiger partial charge in [0.2, 0.25) is 0 Å². The number of alkyl carbamates (subject to hydrolysis) is 1. The van der Waals surface area contributed by atoms with E-state index in [9.17, 15) is 4.79 Å². The first kappa shape index (κ1) is 15.3. The Bertz CT molecular complexity index is 419. The fourth-order valence-corrected chi connectivity index (χ4v) is 1.64. The second-order valence-corrected chi connectivity index (χ2v) is 4.52. The van der Waals surface area contributed by atoms with Crippen LogP contribution in [0.2, 0.25) is 0 Å². The maximum Gasteiger partial charge on any atom is 0.407 e. The Morgan fingerprint density at radius 3 is 2.74 bits per heavy atom. The van der Waals surface area contributed by atoms with Gasteiger partial charge in [-0.2, -0.15) is 0 Å². The quantitative estimate of drug-likeness (QED) is 0.826. The summed E-state index contributed by atoms with van der Waals surface area (Å²) in [5, 5.41) is 2.55. The molecule has 0 aliphatic carbocycles. The molecule has 0 fully saturated rings. The lowest BCUT2D eigenvalue weighted by atomic mass is 10.0. The van der Waals surface area contributed by atoms with Crippen molar-refractivity contribution in [2.45, 2.75) is 26.4 Å². The molecular weight excluding hydrogens is 244 g/mol. The van der Waals surface area contributed by atoms with E-state index < -0.39 is 6.09 Å². The van der Waals surface area contributed by atoms with Crippen LogP contribution in [-0.4, -0.2) is 26.3 Å². The summed E-state index contributed by atoms with van der Waals surface area (Å²) in [5.74, 6) is 1.13. The van der Waals surface area contributed by atoms with Crippen molar-refractivity contribution < 1.29 is 14.3 Å². The lowest BCUT2D eigenvalue weighted by Gasteiger charge is -2.13. The number of nitrogens with one attached hydrogen (secondary N) is 1. The second-order valence-electron chi connectivity index (χ2n) is 4.52. The van der Waals surface area contributed by atoms with Crippen LogP contribution in [0.4, 0.5) is 4.79 Å². The van der Waals surface area contributed by atoms with Gasteiger partial charge in [-0.15, -0.1) is 0 Å². The standard InChI is InChI=1S/C14H22N2O3/c1-10(2)11-4-5-13(18-3)12(8-11)9-19-14(17)16-7-6-15/h4-5,8,10H,6-7,9,15H2,1-3H3,(H,16,17). The zero-order valence-corrected chi connectivity index (χ0v) is 11.7. The summed E-state index contributed by atoms with van der Waals surface area (Å²) in [6.45, 7) is 5.20. The highest BCUT2D eigenvalue weighted by molar-refractivity contribution is 5.67. The van der Waals surface area contributed by atoms with Gasteiger partial charge in [0.1, 0.15) is 12.4 Å². The lowest BCUT2D eigenvalue weighted by molar-refractivity contribution is 0.139. The van der Waals surface area contributed by atoms with E-state index in [2.05, 4.69) is 19.2 Å². The van der Waals surface area contributed by atoms with Crippen LogP contribution in [0.1, 0.15) is 30.9 Å². The van der Waals surface area contributed by atoms with E-state index in [4.69, 9.17) is 15.2 Å². The number of ether oxygens (including phenoxy) is 2. The lowest BCUT2D eigenvalue weighted by Crippen LogP contribution is -2.29. The van der Waals surface area contributed by atoms with E-state index in [-0.39, 0.29) is 6.61 Å². The molecule has 1 rings (SSSR count). The number of amides is 1. The van der Waals surface area contributed by atoms with E-state index in [1.807, 2.05) is 18.2 Å². The number of carbonyl (C=O) groups excluding carboxylic acids is 1. The molecule has 106 valence electrons. The van der Waals surface area contributed by atoms with Gasteiger partial charge in [0.25, 0.3) is 0 Å². The minimum absolute atomic E-state index is 0.181. The third-order valence-corrected chi connectivity index (χ3v) is 2.74. The van der Waals surface area contributed by atoms with Crippen LogP contribution in [0.5, 0.6) is 5.75 Å². The van der Waals surface area contributed by atoms with Crippen molar-refractivity contribution in [2.75, 3.05) is 20.2 Å². The Labute approximate surface area is 114 Å². The van der Waals surface area contributed by atoms with Gasteiger partial charge in [-0.1, -0.05) is 19.9 Å². The molecule has 19 heavy (non-hydrogen) atoms. The number of hydrogen-bond donors (Lipinski definition) is 2. The highest BCUT2D eigenvalue weighted by Crippen LogP contribution is 2.24. The number of benzene rings is 1. The van der Waals surface area contributed by atoms with Gasteiger partial charge in [-0.3, -0.25) is 0 Å². The average molecular weight is 266 g/mol. The summed E-state index contributed by atoms with van der Waals surface area (Å²) in [6, 6.07) is 5.91. The van der Waals surface area contributed by atoms with E-state index in [0.29, 0.717) is 19.0 Å². The van der Waals surface area contributed by atoms with Gasteiger partial charge in [-0.25, -0.2) is 4.79 Å². The summed E-state index contributed by atoms with van der Waals surface area (Å²) < 4.78 is 10.4. The molecule has 0 aliphatic heterocycles. The molecule has 5 nitrogen and oxygen atoms in total. The molecule has 1 aromatic rings. The maximum atomic E-state index is 11.4. The minimum Gasteiger partial charge on any atom is -0.496 e. The first-order chi connectivity index (χ1) is 9.08. The van der Waals surface area contributed by atoms with E-state index in [0.717, 1.165) is 11.3 Å². The average Bonchev–Trinajstić information content (AvgIpc) is 2.42. The van der Waals surface area contributed by atoms with E-state index in [1.165, 1.54) is 5.56 Å². The number of methoxy groups -OCH3 is 1. The van der Waals surface area contributed by atoms with Crippen LogP contribution in [0.3, 0.4) is 0 Å². The van der Waals surface area contributed by atoms with Crippen molar-refractivity contribution in [1.82, 2.24) is 5.32 Å². The van der Waals surface area contributed by atoms with Gasteiger partial charge in [0.05, 0.1) is 7.11 Å². The van der Waals surface area contributed by atoms with Crippen LogP contribution in [0, 0.1) is 0 Å². The molecule has 0 atom stereocenters.